The average Bonchev–Trinajstić information content (AvgIpc) is 2.68. The summed E-state index contributed by atoms with van der Waals surface area (Å²) in [5.41, 5.74) is 1.14. The Morgan fingerprint density at radius 3 is 2.46 bits per heavy atom. The van der Waals surface area contributed by atoms with Crippen LogP contribution in [0.3, 0.4) is 0 Å². The van der Waals surface area contributed by atoms with Gasteiger partial charge in [0.1, 0.15) is 5.75 Å². The van der Waals surface area contributed by atoms with Crippen LogP contribution in [-0.2, 0) is 14.8 Å². The summed E-state index contributed by atoms with van der Waals surface area (Å²) >= 11 is 3.42. The molecule has 0 heterocycles. The van der Waals surface area contributed by atoms with Gasteiger partial charge in [-0.3, -0.25) is 4.79 Å². The number of nitrogens with zero attached hydrogens (tertiary/aromatic N) is 1. The van der Waals surface area contributed by atoms with Gasteiger partial charge in [0.15, 0.2) is 0 Å². The molecule has 0 saturated carbocycles. The van der Waals surface area contributed by atoms with Crippen molar-refractivity contribution in [2.45, 2.75) is 18.7 Å². The Kier molecular flexibility index (Phi) is 7.79. The van der Waals surface area contributed by atoms with Gasteiger partial charge in [-0.2, -0.15) is 4.31 Å². The third-order valence-corrected chi connectivity index (χ3v) is 6.86. The third-order valence-electron chi connectivity index (χ3n) is 4.09. The van der Waals surface area contributed by atoms with E-state index in [9.17, 15) is 13.2 Å². The lowest BCUT2D eigenvalue weighted by Gasteiger charge is -2.19. The predicted molar refractivity (Wildman–Crippen MR) is 115 cm³/mol. The molecule has 0 radical (unpaired) electrons. The summed E-state index contributed by atoms with van der Waals surface area (Å²) in [6, 6.07) is 11.9. The maximum Gasteiger partial charge on any atom is 0.248 e. The molecule has 0 fully saturated rings. The summed E-state index contributed by atoms with van der Waals surface area (Å²) in [5.74, 6) is -0.0208. The molecule has 0 aliphatic carbocycles. The molecular weight excluding hydrogens is 444 g/mol. The normalized spacial score (nSPS) is 11.8. The van der Waals surface area contributed by atoms with E-state index in [0.29, 0.717) is 18.8 Å². The molecule has 0 atom stereocenters. The number of amides is 1. The number of nitrogens with one attached hydrogen (secondary N) is 1. The summed E-state index contributed by atoms with van der Waals surface area (Å²) in [6.07, 6.45) is 3.05. The molecule has 0 bridgehead atoms. The summed E-state index contributed by atoms with van der Waals surface area (Å²) in [7, 11) is -2.18. The van der Waals surface area contributed by atoms with E-state index < -0.39 is 15.9 Å². The summed E-state index contributed by atoms with van der Waals surface area (Å²) in [4.78, 5) is 12.4. The SMILES string of the molecule is CCN(CC)S(=O)(=O)c1ccc(OC)c(NC(=O)/C=C/c2ccccc2Br)c1. The number of benzene rings is 2. The number of carbonyl (C=O) groups is 1. The topological polar surface area (TPSA) is 75.7 Å². The predicted octanol–water partition coefficient (Wildman–Crippen LogP) is 4.14. The van der Waals surface area contributed by atoms with E-state index in [1.807, 2.05) is 24.3 Å². The van der Waals surface area contributed by atoms with E-state index >= 15 is 0 Å². The van der Waals surface area contributed by atoms with Crippen molar-refractivity contribution in [3.05, 3.63) is 58.6 Å². The highest BCUT2D eigenvalue weighted by Gasteiger charge is 2.23. The van der Waals surface area contributed by atoms with Crippen molar-refractivity contribution in [3.8, 4) is 5.75 Å². The highest BCUT2D eigenvalue weighted by atomic mass is 79.9. The molecule has 0 aliphatic rings. The number of hydrogen-bond donors (Lipinski definition) is 1. The Morgan fingerprint density at radius 1 is 1.18 bits per heavy atom. The largest absolute Gasteiger partial charge is 0.495 e. The standard InChI is InChI=1S/C20H23BrN2O4S/c1-4-23(5-2)28(25,26)16-11-12-19(27-3)18(14-16)22-20(24)13-10-15-8-6-7-9-17(15)21/h6-14H,4-5H2,1-3H3,(H,22,24)/b13-10+. The second kappa shape index (κ2) is 9.86. The van der Waals surface area contributed by atoms with Gasteiger partial charge in [0.25, 0.3) is 0 Å². The molecule has 0 aliphatic heterocycles. The minimum absolute atomic E-state index is 0.0992. The first-order chi connectivity index (χ1) is 13.3. The lowest BCUT2D eigenvalue weighted by atomic mass is 10.2. The second-order valence-electron chi connectivity index (χ2n) is 5.80. The number of rotatable bonds is 8. The monoisotopic (exact) mass is 466 g/mol. The summed E-state index contributed by atoms with van der Waals surface area (Å²) in [5, 5.41) is 2.69. The average molecular weight is 467 g/mol. The zero-order valence-corrected chi connectivity index (χ0v) is 18.4. The lowest BCUT2D eigenvalue weighted by Crippen LogP contribution is -2.30. The van der Waals surface area contributed by atoms with Crippen LogP contribution in [0.5, 0.6) is 5.75 Å². The van der Waals surface area contributed by atoms with Gasteiger partial charge in [0.05, 0.1) is 17.7 Å². The van der Waals surface area contributed by atoms with Gasteiger partial charge in [-0.25, -0.2) is 8.42 Å². The van der Waals surface area contributed by atoms with Crippen LogP contribution in [0.1, 0.15) is 19.4 Å². The first kappa shape index (κ1) is 22.1. The van der Waals surface area contributed by atoms with E-state index in [1.165, 1.54) is 35.7 Å². The third kappa shape index (κ3) is 5.21. The van der Waals surface area contributed by atoms with Crippen LogP contribution in [0.15, 0.2) is 57.9 Å². The molecule has 0 saturated heterocycles. The zero-order valence-electron chi connectivity index (χ0n) is 16.0. The second-order valence-corrected chi connectivity index (χ2v) is 8.59. The van der Waals surface area contributed by atoms with Crippen molar-refractivity contribution < 1.29 is 17.9 Å². The summed E-state index contributed by atoms with van der Waals surface area (Å²) in [6.45, 7) is 4.28. The van der Waals surface area contributed by atoms with Crippen LogP contribution in [0.2, 0.25) is 0 Å². The number of halogens is 1. The van der Waals surface area contributed by atoms with E-state index in [4.69, 9.17) is 4.74 Å². The van der Waals surface area contributed by atoms with Crippen molar-refractivity contribution in [3.63, 3.8) is 0 Å². The van der Waals surface area contributed by atoms with Gasteiger partial charge in [0.2, 0.25) is 15.9 Å². The Hall–Kier alpha value is -2.16. The smallest absolute Gasteiger partial charge is 0.248 e. The first-order valence-electron chi connectivity index (χ1n) is 8.75. The maximum atomic E-state index is 12.7. The van der Waals surface area contributed by atoms with Gasteiger partial charge in [-0.15, -0.1) is 0 Å². The van der Waals surface area contributed by atoms with Crippen LogP contribution < -0.4 is 10.1 Å². The lowest BCUT2D eigenvalue weighted by molar-refractivity contribution is -0.111. The summed E-state index contributed by atoms with van der Waals surface area (Å²) < 4.78 is 32.9. The minimum Gasteiger partial charge on any atom is -0.495 e. The van der Waals surface area contributed by atoms with E-state index in [2.05, 4.69) is 21.2 Å². The number of ether oxygens (including phenoxy) is 1. The molecule has 0 unspecified atom stereocenters. The van der Waals surface area contributed by atoms with Gasteiger partial charge in [0, 0.05) is 23.6 Å². The molecule has 28 heavy (non-hydrogen) atoms. The van der Waals surface area contributed by atoms with E-state index in [1.54, 1.807) is 19.9 Å². The molecule has 0 spiro atoms. The number of sulfonamides is 1. The number of methoxy groups -OCH3 is 1. The van der Waals surface area contributed by atoms with Crippen LogP contribution in [0.25, 0.3) is 6.08 Å². The van der Waals surface area contributed by atoms with Gasteiger partial charge in [-0.05, 0) is 35.9 Å². The Balaban J connectivity index is 2.29. The fourth-order valence-electron chi connectivity index (χ4n) is 2.61. The Labute approximate surface area is 174 Å². The van der Waals surface area contributed by atoms with E-state index in [-0.39, 0.29) is 10.6 Å². The van der Waals surface area contributed by atoms with Gasteiger partial charge >= 0.3 is 0 Å². The first-order valence-corrected chi connectivity index (χ1v) is 11.0. The molecule has 2 aromatic rings. The molecular formula is C20H23BrN2O4S. The highest BCUT2D eigenvalue weighted by Crippen LogP contribution is 2.29. The van der Waals surface area contributed by atoms with Crippen LogP contribution in [0.4, 0.5) is 5.69 Å². The molecule has 2 rings (SSSR count). The van der Waals surface area contributed by atoms with E-state index in [0.717, 1.165) is 10.0 Å². The fourth-order valence-corrected chi connectivity index (χ4v) is 4.51. The van der Waals surface area contributed by atoms with Gasteiger partial charge < -0.3 is 10.1 Å². The zero-order chi connectivity index (χ0) is 20.7. The van der Waals surface area contributed by atoms with Crippen LogP contribution >= 0.6 is 15.9 Å². The molecule has 1 amide bonds. The van der Waals surface area contributed by atoms with Gasteiger partial charge in [-0.1, -0.05) is 48.0 Å². The Bertz CT molecular complexity index is 970. The number of anilines is 1. The quantitative estimate of drug-likeness (QED) is 0.593. The van der Waals surface area contributed by atoms with Crippen molar-refractivity contribution in [2.24, 2.45) is 0 Å². The molecule has 8 heteroatoms. The maximum absolute atomic E-state index is 12.7. The minimum atomic E-state index is -3.64. The molecule has 1 N–H and O–H groups in total. The van der Waals surface area contributed by atoms with Crippen LogP contribution in [0, 0.1) is 0 Å². The molecule has 6 nitrogen and oxygen atoms in total. The van der Waals surface area contributed by atoms with Crippen molar-refractivity contribution >= 4 is 43.6 Å². The van der Waals surface area contributed by atoms with Crippen molar-refractivity contribution in [1.82, 2.24) is 4.31 Å². The molecule has 2 aromatic carbocycles. The number of hydrogen-bond acceptors (Lipinski definition) is 4. The number of carbonyl (C=O) groups excluding carboxylic acids is 1. The fraction of sp³-hybridized carbons (Fsp3) is 0.250. The molecule has 150 valence electrons. The Morgan fingerprint density at radius 2 is 1.86 bits per heavy atom. The van der Waals surface area contributed by atoms with Crippen molar-refractivity contribution in [2.75, 3.05) is 25.5 Å². The van der Waals surface area contributed by atoms with Crippen LogP contribution in [-0.4, -0.2) is 38.8 Å². The molecule has 0 aromatic heterocycles. The highest BCUT2D eigenvalue weighted by molar-refractivity contribution is 9.10. The van der Waals surface area contributed by atoms with Crippen molar-refractivity contribution in [1.29, 1.82) is 0 Å².